The van der Waals surface area contributed by atoms with Gasteiger partial charge in [0.1, 0.15) is 0 Å². The lowest BCUT2D eigenvalue weighted by Crippen LogP contribution is -2.14. The Morgan fingerprint density at radius 3 is 1.40 bits per heavy atom. The fourth-order valence-electron chi connectivity index (χ4n) is 4.27. The van der Waals surface area contributed by atoms with Gasteiger partial charge in [-0.1, -0.05) is 112 Å². The third-order valence-electron chi connectivity index (χ3n) is 7.03. The van der Waals surface area contributed by atoms with Crippen molar-refractivity contribution in [3.8, 4) is 0 Å². The quantitative estimate of drug-likeness (QED) is 0.0820. The summed E-state index contributed by atoms with van der Waals surface area (Å²) in [5.74, 6) is 2.00. The fourth-order valence-corrected chi connectivity index (χ4v) is 8.94. The first-order valence-corrected chi connectivity index (χ1v) is 22.4. The first-order valence-electron chi connectivity index (χ1n) is 15.3. The standard InChI is InChI=1S/C16H13BrF5O3PS.C16H16BrF2O3PS.C2H6/c17-14-7-11(4-5-13(14)16(21,22)26(23,24)25)9-27-8-10-2-1-3-12(6-10)15(18,19)20;1-11-4-2-3-5-13(11)10-24-9-12-6-7-14(15(17)8-12)16(18,19)23(20,21)22;1-2/h1-7H,8-9H2,(H2,23,24,25);2-8H,9-10H2,1H3,(H2,20,21,22);1-2H3. The highest BCUT2D eigenvalue weighted by atomic mass is 79.9. The van der Waals surface area contributed by atoms with Gasteiger partial charge in [-0.15, -0.1) is 0 Å². The molecule has 0 saturated carbocycles. The predicted octanol–water partition coefficient (Wildman–Crippen LogP) is 12.6. The molecule has 0 aliphatic heterocycles. The molecule has 0 spiro atoms. The molecular formula is C34H35Br2F7O6P2S2. The van der Waals surface area contributed by atoms with Gasteiger partial charge >= 0.3 is 32.7 Å². The number of rotatable bonds is 12. The van der Waals surface area contributed by atoms with E-state index < -0.39 is 49.4 Å². The average molecular weight is 959 g/mol. The van der Waals surface area contributed by atoms with Crippen LogP contribution in [-0.4, -0.2) is 19.6 Å². The fraction of sp³-hybridized carbons (Fsp3) is 0.294. The Bertz CT molecular complexity index is 1920. The lowest BCUT2D eigenvalue weighted by molar-refractivity contribution is -0.137. The van der Waals surface area contributed by atoms with Crippen molar-refractivity contribution in [1.29, 1.82) is 0 Å². The maximum Gasteiger partial charge on any atom is 0.416 e. The van der Waals surface area contributed by atoms with Crippen LogP contribution in [0.2, 0.25) is 0 Å². The summed E-state index contributed by atoms with van der Waals surface area (Å²) in [6.07, 6.45) is -4.43. The molecule has 4 aromatic carbocycles. The number of hydrogen-bond acceptors (Lipinski definition) is 4. The van der Waals surface area contributed by atoms with E-state index in [4.69, 9.17) is 19.6 Å². The summed E-state index contributed by atoms with van der Waals surface area (Å²) in [7, 11) is -11.2. The van der Waals surface area contributed by atoms with Crippen molar-refractivity contribution in [3.05, 3.63) is 138 Å². The number of alkyl halides is 7. The van der Waals surface area contributed by atoms with Crippen molar-refractivity contribution >= 4 is 70.6 Å². The largest absolute Gasteiger partial charge is 0.416 e. The number of thioether (sulfide) groups is 2. The van der Waals surface area contributed by atoms with Crippen LogP contribution >= 0.6 is 70.6 Å². The van der Waals surface area contributed by atoms with Crippen LogP contribution in [0.3, 0.4) is 0 Å². The van der Waals surface area contributed by atoms with Crippen LogP contribution in [-0.2, 0) is 49.6 Å². The van der Waals surface area contributed by atoms with Crippen molar-refractivity contribution in [2.75, 3.05) is 0 Å². The highest BCUT2D eigenvalue weighted by Crippen LogP contribution is 2.61. The van der Waals surface area contributed by atoms with Crippen molar-refractivity contribution in [2.24, 2.45) is 0 Å². The number of benzene rings is 4. The summed E-state index contributed by atoms with van der Waals surface area (Å²) in [5.41, 5.74) is -6.56. The zero-order chi connectivity index (χ0) is 40.4. The number of aryl methyl sites for hydroxylation is 1. The minimum absolute atomic E-state index is 0.00943. The summed E-state index contributed by atoms with van der Waals surface area (Å²) < 4.78 is 115. The van der Waals surface area contributed by atoms with Gasteiger partial charge in [0, 0.05) is 43.1 Å². The zero-order valence-electron chi connectivity index (χ0n) is 28.1. The Morgan fingerprint density at radius 1 is 0.585 bits per heavy atom. The second-order valence-corrected chi connectivity index (χ2v) is 17.9. The van der Waals surface area contributed by atoms with Gasteiger partial charge in [0.2, 0.25) is 0 Å². The Balaban J connectivity index is 0.000000353. The van der Waals surface area contributed by atoms with Crippen LogP contribution in [0.15, 0.2) is 93.9 Å². The van der Waals surface area contributed by atoms with Gasteiger partial charge in [-0.05, 0) is 52.9 Å². The molecule has 0 aromatic heterocycles. The van der Waals surface area contributed by atoms with E-state index in [0.717, 1.165) is 35.6 Å². The zero-order valence-corrected chi connectivity index (χ0v) is 34.7. The van der Waals surface area contributed by atoms with Crippen molar-refractivity contribution in [3.63, 3.8) is 0 Å². The summed E-state index contributed by atoms with van der Waals surface area (Å²) in [6, 6.07) is 20.4. The molecule has 0 atom stereocenters. The lowest BCUT2D eigenvalue weighted by atomic mass is 10.1. The van der Waals surface area contributed by atoms with E-state index in [-0.39, 0.29) is 14.7 Å². The normalized spacial score (nSPS) is 12.4. The third-order valence-corrected chi connectivity index (χ3v) is 12.4. The van der Waals surface area contributed by atoms with Gasteiger partial charge in [0.05, 0.1) is 5.56 Å². The van der Waals surface area contributed by atoms with E-state index in [1.54, 1.807) is 17.8 Å². The minimum atomic E-state index is -5.67. The van der Waals surface area contributed by atoms with Gasteiger partial charge in [-0.2, -0.15) is 54.3 Å². The lowest BCUT2D eigenvalue weighted by Gasteiger charge is -2.19. The Morgan fingerprint density at radius 2 is 1.00 bits per heavy atom. The van der Waals surface area contributed by atoms with Gasteiger partial charge < -0.3 is 19.6 Å². The van der Waals surface area contributed by atoms with E-state index >= 15 is 0 Å². The minimum Gasteiger partial charge on any atom is -0.320 e. The summed E-state index contributed by atoms with van der Waals surface area (Å²) in [6.45, 7) is 6.03. The van der Waals surface area contributed by atoms with Crippen molar-refractivity contribution < 1.29 is 59.4 Å². The molecule has 6 nitrogen and oxygen atoms in total. The molecule has 53 heavy (non-hydrogen) atoms. The summed E-state index contributed by atoms with van der Waals surface area (Å²) in [5, 5.41) is 0. The molecule has 0 saturated heterocycles. The van der Waals surface area contributed by atoms with E-state index in [9.17, 15) is 39.9 Å². The highest BCUT2D eigenvalue weighted by Gasteiger charge is 2.52. The summed E-state index contributed by atoms with van der Waals surface area (Å²) in [4.78, 5) is 35.2. The number of halogens is 9. The molecule has 0 fully saturated rings. The molecule has 0 unspecified atom stereocenters. The monoisotopic (exact) mass is 956 g/mol. The Hall–Kier alpha value is -1.65. The van der Waals surface area contributed by atoms with Crippen molar-refractivity contribution in [2.45, 2.75) is 61.3 Å². The first kappa shape index (κ1) is 47.5. The molecule has 19 heteroatoms. The molecule has 4 aromatic rings. The molecular weight excluding hydrogens is 923 g/mol. The predicted molar refractivity (Wildman–Crippen MR) is 204 cm³/mol. The Labute approximate surface area is 328 Å². The van der Waals surface area contributed by atoms with Gasteiger partial charge in [0.25, 0.3) is 0 Å². The first-order chi connectivity index (χ1) is 24.4. The molecule has 0 aliphatic carbocycles. The van der Waals surface area contributed by atoms with Crippen molar-refractivity contribution in [1.82, 2.24) is 0 Å². The third kappa shape index (κ3) is 13.5. The van der Waals surface area contributed by atoms with Crippen LogP contribution in [0.5, 0.6) is 0 Å². The smallest absolute Gasteiger partial charge is 0.320 e. The van der Waals surface area contributed by atoms with Crippen LogP contribution in [0.25, 0.3) is 0 Å². The molecule has 0 heterocycles. The SMILES string of the molecule is CC.Cc1ccccc1CSCc1ccc(C(F)(F)P(=O)(O)O)c(Br)c1.O=P(O)(O)C(F)(F)c1ccc(CSCc2cccc(C(F)(F)F)c2)cc1Br. The van der Waals surface area contributed by atoms with E-state index in [0.29, 0.717) is 22.6 Å². The maximum absolute atomic E-state index is 13.8. The van der Waals surface area contributed by atoms with Crippen LogP contribution in [0.4, 0.5) is 30.7 Å². The molecule has 0 radical (unpaired) electrons. The van der Waals surface area contributed by atoms with Gasteiger partial charge in [0.15, 0.2) is 0 Å². The molecule has 4 N–H and O–H groups in total. The average Bonchev–Trinajstić information content (AvgIpc) is 3.05. The number of hydrogen-bond donors (Lipinski definition) is 4. The second kappa shape index (κ2) is 20.0. The molecule has 292 valence electrons. The van der Waals surface area contributed by atoms with Crippen LogP contribution in [0.1, 0.15) is 58.4 Å². The second-order valence-electron chi connectivity index (χ2n) is 10.9. The molecule has 0 aliphatic rings. The van der Waals surface area contributed by atoms with E-state index in [1.165, 1.54) is 53.2 Å². The van der Waals surface area contributed by atoms with Crippen LogP contribution < -0.4 is 0 Å². The van der Waals surface area contributed by atoms with E-state index in [2.05, 4.69) is 31.9 Å². The molecule has 4 rings (SSSR count). The van der Waals surface area contributed by atoms with Gasteiger partial charge in [-0.3, -0.25) is 9.13 Å². The summed E-state index contributed by atoms with van der Waals surface area (Å²) >= 11 is 8.79. The van der Waals surface area contributed by atoms with E-state index in [1.807, 2.05) is 45.0 Å². The molecule has 0 bridgehead atoms. The Kier molecular flexibility index (Phi) is 17.9. The topological polar surface area (TPSA) is 115 Å². The van der Waals surface area contributed by atoms with Gasteiger partial charge in [-0.25, -0.2) is 0 Å². The highest BCUT2D eigenvalue weighted by molar-refractivity contribution is 9.10. The maximum atomic E-state index is 13.8. The van der Waals surface area contributed by atoms with Crippen LogP contribution in [0, 0.1) is 6.92 Å². The molecule has 0 amide bonds.